The second kappa shape index (κ2) is 4.38. The van der Waals surface area contributed by atoms with Crippen molar-refractivity contribution in [2.45, 2.75) is 0 Å². The summed E-state index contributed by atoms with van der Waals surface area (Å²) >= 11 is 0. The SMILES string of the molecule is C1=c2cc3c(cc2N=N1)=NC(COc1ccccc1)=N3. The van der Waals surface area contributed by atoms with Crippen LogP contribution in [0.3, 0.4) is 0 Å². The first-order valence-corrected chi connectivity index (χ1v) is 6.28. The van der Waals surface area contributed by atoms with Gasteiger partial charge in [0.15, 0.2) is 5.84 Å². The molecule has 0 aliphatic carbocycles. The molecule has 0 saturated carbocycles. The van der Waals surface area contributed by atoms with Crippen LogP contribution in [-0.4, -0.2) is 12.4 Å². The van der Waals surface area contributed by atoms with Gasteiger partial charge < -0.3 is 4.74 Å². The van der Waals surface area contributed by atoms with Crippen molar-refractivity contribution in [2.24, 2.45) is 20.2 Å². The number of fused-ring (bicyclic) bond motifs is 2. The number of amidine groups is 1. The molecule has 0 bridgehead atoms. The van der Waals surface area contributed by atoms with Gasteiger partial charge in [-0.15, -0.1) is 0 Å². The predicted molar refractivity (Wildman–Crippen MR) is 75.2 cm³/mol. The van der Waals surface area contributed by atoms with Gasteiger partial charge in [0.1, 0.15) is 12.4 Å². The third-order valence-electron chi connectivity index (χ3n) is 3.10. The molecular formula is C15H10N4O. The van der Waals surface area contributed by atoms with Gasteiger partial charge >= 0.3 is 0 Å². The van der Waals surface area contributed by atoms with Crippen LogP contribution < -0.4 is 15.3 Å². The quantitative estimate of drug-likeness (QED) is 0.837. The van der Waals surface area contributed by atoms with Crippen molar-refractivity contribution < 1.29 is 4.74 Å². The lowest BCUT2D eigenvalue weighted by molar-refractivity contribution is 0.375. The van der Waals surface area contributed by atoms with E-state index < -0.39 is 0 Å². The molecule has 20 heavy (non-hydrogen) atoms. The number of benzene rings is 2. The Kier molecular flexibility index (Phi) is 2.42. The Balaban J connectivity index is 1.58. The summed E-state index contributed by atoms with van der Waals surface area (Å²) in [5, 5.41) is 9.70. The lowest BCUT2D eigenvalue weighted by Crippen LogP contribution is -2.09. The summed E-state index contributed by atoms with van der Waals surface area (Å²) in [5.41, 5.74) is 1.69. The third-order valence-corrected chi connectivity index (χ3v) is 3.10. The van der Waals surface area contributed by atoms with Crippen LogP contribution >= 0.6 is 0 Å². The van der Waals surface area contributed by atoms with Gasteiger partial charge in [-0.2, -0.15) is 10.2 Å². The van der Waals surface area contributed by atoms with E-state index >= 15 is 0 Å². The van der Waals surface area contributed by atoms with Crippen molar-refractivity contribution in [3.05, 3.63) is 53.0 Å². The zero-order valence-electron chi connectivity index (χ0n) is 10.5. The summed E-state index contributed by atoms with van der Waals surface area (Å²) in [6.45, 7) is 0.356. The lowest BCUT2D eigenvalue weighted by Gasteiger charge is -2.03. The number of aliphatic imine (C=N–C) groups is 1. The van der Waals surface area contributed by atoms with Gasteiger partial charge in [0.2, 0.25) is 0 Å². The van der Waals surface area contributed by atoms with Crippen LogP contribution in [0.4, 0.5) is 11.4 Å². The van der Waals surface area contributed by atoms with Crippen molar-refractivity contribution in [2.75, 3.05) is 6.61 Å². The van der Waals surface area contributed by atoms with E-state index in [1.165, 1.54) is 0 Å². The number of nitrogens with zero attached hydrogens (tertiary/aromatic N) is 4. The summed E-state index contributed by atoms with van der Waals surface area (Å²) < 4.78 is 5.65. The second-order valence-corrected chi connectivity index (χ2v) is 4.49. The number of para-hydroxylation sites is 1. The van der Waals surface area contributed by atoms with Gasteiger partial charge in [-0.1, -0.05) is 18.2 Å². The van der Waals surface area contributed by atoms with Crippen molar-refractivity contribution in [1.29, 1.82) is 0 Å². The Morgan fingerprint density at radius 2 is 1.85 bits per heavy atom. The van der Waals surface area contributed by atoms with Gasteiger partial charge in [-0.05, 0) is 24.3 Å². The minimum absolute atomic E-state index is 0.356. The van der Waals surface area contributed by atoms with E-state index in [0.717, 1.165) is 27.7 Å². The lowest BCUT2D eigenvalue weighted by atomic mass is 10.2. The number of hydrogen-bond acceptors (Lipinski definition) is 5. The fraction of sp³-hybridized carbons (Fsp3) is 0.0667. The summed E-state index contributed by atoms with van der Waals surface area (Å²) in [7, 11) is 0. The van der Waals surface area contributed by atoms with Crippen molar-refractivity contribution in [3.63, 3.8) is 0 Å². The molecule has 0 fully saturated rings. The van der Waals surface area contributed by atoms with Crippen LogP contribution in [0.1, 0.15) is 0 Å². The molecule has 2 aromatic rings. The fourth-order valence-electron chi connectivity index (χ4n) is 2.14. The number of hydrogen-bond donors (Lipinski definition) is 0. The Morgan fingerprint density at radius 1 is 0.950 bits per heavy atom. The average molecular weight is 262 g/mol. The van der Waals surface area contributed by atoms with Crippen molar-refractivity contribution in [3.8, 4) is 5.75 Å². The molecule has 0 radical (unpaired) electrons. The molecule has 0 unspecified atom stereocenters. The van der Waals surface area contributed by atoms with Crippen LogP contribution in [-0.2, 0) is 0 Å². The smallest absolute Gasteiger partial charge is 0.167 e. The Hall–Kier alpha value is -2.82. The summed E-state index contributed by atoms with van der Waals surface area (Å²) in [6.07, 6.45) is 1.73. The Morgan fingerprint density at radius 3 is 2.75 bits per heavy atom. The highest BCUT2D eigenvalue weighted by atomic mass is 16.5. The van der Waals surface area contributed by atoms with E-state index in [2.05, 4.69) is 20.2 Å². The Bertz CT molecular complexity index is 853. The molecule has 2 aromatic carbocycles. The largest absolute Gasteiger partial charge is 0.486 e. The van der Waals surface area contributed by atoms with E-state index in [4.69, 9.17) is 4.74 Å². The molecule has 0 aromatic heterocycles. The fourth-order valence-corrected chi connectivity index (χ4v) is 2.14. The zero-order chi connectivity index (χ0) is 13.4. The van der Waals surface area contributed by atoms with E-state index in [1.54, 1.807) is 6.20 Å². The van der Waals surface area contributed by atoms with Gasteiger partial charge in [0.05, 0.1) is 22.9 Å². The van der Waals surface area contributed by atoms with Crippen LogP contribution in [0, 0.1) is 0 Å². The van der Waals surface area contributed by atoms with Crippen molar-refractivity contribution in [1.82, 2.24) is 0 Å². The molecule has 4 rings (SSSR count). The van der Waals surface area contributed by atoms with Gasteiger partial charge in [-0.25, -0.2) is 9.98 Å². The minimum atomic E-state index is 0.356. The summed E-state index contributed by atoms with van der Waals surface area (Å²) in [6, 6.07) is 13.5. The molecule has 2 aliphatic heterocycles. The molecule has 0 atom stereocenters. The highest BCUT2D eigenvalue weighted by Gasteiger charge is 2.12. The highest BCUT2D eigenvalue weighted by Crippen LogP contribution is 2.16. The first kappa shape index (κ1) is 11.0. The van der Waals surface area contributed by atoms with Crippen LogP contribution in [0.15, 0.2) is 62.7 Å². The number of rotatable bonds is 3. The molecule has 0 saturated heterocycles. The van der Waals surface area contributed by atoms with E-state index in [-0.39, 0.29) is 0 Å². The average Bonchev–Trinajstić information content (AvgIpc) is 3.08. The van der Waals surface area contributed by atoms with Gasteiger partial charge in [0.25, 0.3) is 0 Å². The molecule has 0 spiro atoms. The molecule has 0 N–H and O–H groups in total. The first-order chi connectivity index (χ1) is 9.88. The standard InChI is InChI=1S/C15H10N4O/c1-2-4-11(5-3-1)20-9-15-17-13-6-10-8-16-19-12(10)7-14(13)18-15/h1-8H,9H2. The van der Waals surface area contributed by atoms with Crippen LogP contribution in [0.2, 0.25) is 0 Å². The summed E-state index contributed by atoms with van der Waals surface area (Å²) in [5.74, 6) is 1.48. The number of ether oxygens (including phenoxy) is 1. The molecule has 2 aliphatic rings. The molecule has 2 heterocycles. The molecule has 96 valence electrons. The van der Waals surface area contributed by atoms with Crippen molar-refractivity contribution >= 4 is 23.4 Å². The second-order valence-electron chi connectivity index (χ2n) is 4.49. The van der Waals surface area contributed by atoms with E-state index in [1.807, 2.05) is 42.5 Å². The van der Waals surface area contributed by atoms with E-state index in [0.29, 0.717) is 12.4 Å². The van der Waals surface area contributed by atoms with Crippen LogP contribution in [0.5, 0.6) is 5.75 Å². The maximum absolute atomic E-state index is 5.65. The third kappa shape index (κ3) is 1.89. The molecule has 0 amide bonds. The minimum Gasteiger partial charge on any atom is -0.486 e. The normalized spacial score (nSPS) is 14.1. The first-order valence-electron chi connectivity index (χ1n) is 6.28. The molecule has 5 heteroatoms. The zero-order valence-corrected chi connectivity index (χ0v) is 10.5. The van der Waals surface area contributed by atoms with Gasteiger partial charge in [0, 0.05) is 5.22 Å². The predicted octanol–water partition coefficient (Wildman–Crippen LogP) is 2.26. The maximum Gasteiger partial charge on any atom is 0.167 e. The maximum atomic E-state index is 5.65. The monoisotopic (exact) mass is 262 g/mol. The summed E-state index contributed by atoms with van der Waals surface area (Å²) in [4.78, 5) is 8.92. The Labute approximate surface area is 114 Å². The van der Waals surface area contributed by atoms with Gasteiger partial charge in [-0.3, -0.25) is 0 Å². The molecular weight excluding hydrogens is 252 g/mol. The number of azo groups is 1. The highest BCUT2D eigenvalue weighted by molar-refractivity contribution is 5.89. The van der Waals surface area contributed by atoms with Crippen LogP contribution in [0.25, 0.3) is 6.20 Å². The topological polar surface area (TPSA) is 58.7 Å². The van der Waals surface area contributed by atoms with E-state index in [9.17, 15) is 0 Å². The molecule has 5 nitrogen and oxygen atoms in total.